The Morgan fingerprint density at radius 1 is 1.48 bits per heavy atom. The molecule has 0 aliphatic carbocycles. The zero-order valence-corrected chi connectivity index (χ0v) is 14.4. The number of hydrogen-bond acceptors (Lipinski definition) is 5. The number of aliphatic carboxylic acids is 1. The zero-order chi connectivity index (χ0) is 17.3. The summed E-state index contributed by atoms with van der Waals surface area (Å²) in [5.74, 6) is -1.76. The lowest BCUT2D eigenvalue weighted by Crippen LogP contribution is -2.46. The molecule has 1 saturated heterocycles. The summed E-state index contributed by atoms with van der Waals surface area (Å²) in [7, 11) is -3.80. The second-order valence-electron chi connectivity index (χ2n) is 5.72. The minimum atomic E-state index is -3.80. The Bertz CT molecular complexity index is 705. The van der Waals surface area contributed by atoms with Gasteiger partial charge in [0.2, 0.25) is 10.0 Å². The minimum Gasteiger partial charge on any atom is -0.479 e. The number of benzene rings is 1. The molecule has 1 heterocycles. The van der Waals surface area contributed by atoms with Crippen molar-refractivity contribution in [1.29, 1.82) is 0 Å². The van der Waals surface area contributed by atoms with Crippen LogP contribution in [-0.4, -0.2) is 54.0 Å². The van der Waals surface area contributed by atoms with E-state index in [1.54, 1.807) is 11.8 Å². The number of ether oxygens (including phenoxy) is 1. The van der Waals surface area contributed by atoms with Crippen LogP contribution >= 0.6 is 11.8 Å². The van der Waals surface area contributed by atoms with Crippen LogP contribution in [0.15, 0.2) is 23.1 Å². The number of carboxylic acids is 1. The second kappa shape index (κ2) is 6.66. The third-order valence-corrected chi connectivity index (χ3v) is 6.42. The van der Waals surface area contributed by atoms with Gasteiger partial charge in [-0.3, -0.25) is 0 Å². The minimum absolute atomic E-state index is 0.166. The van der Waals surface area contributed by atoms with E-state index in [0.29, 0.717) is 18.8 Å². The maximum Gasteiger partial charge on any atom is 0.341 e. The highest BCUT2D eigenvalue weighted by Gasteiger charge is 2.34. The highest BCUT2D eigenvalue weighted by Crippen LogP contribution is 2.33. The van der Waals surface area contributed by atoms with Gasteiger partial charge < -0.3 is 9.84 Å². The first-order valence-corrected chi connectivity index (χ1v) is 9.33. The molecule has 0 radical (unpaired) electrons. The molecule has 0 amide bonds. The summed E-state index contributed by atoms with van der Waals surface area (Å²) in [5, 5.41) is 8.52. The smallest absolute Gasteiger partial charge is 0.341 e. The normalized spacial score (nSPS) is 18.6. The zero-order valence-electron chi connectivity index (χ0n) is 12.8. The molecule has 0 aromatic heterocycles. The van der Waals surface area contributed by atoms with Gasteiger partial charge in [-0.25, -0.2) is 17.6 Å². The second-order valence-corrected chi connectivity index (χ2v) is 9.46. The lowest BCUT2D eigenvalue weighted by molar-refractivity contribution is -0.139. The van der Waals surface area contributed by atoms with Gasteiger partial charge in [0.05, 0.1) is 4.90 Å². The van der Waals surface area contributed by atoms with E-state index in [0.717, 1.165) is 12.1 Å². The number of nitrogens with zero attached hydrogens (tertiary/aromatic N) is 1. The van der Waals surface area contributed by atoms with Gasteiger partial charge >= 0.3 is 5.97 Å². The summed E-state index contributed by atoms with van der Waals surface area (Å²) in [4.78, 5) is 10.3. The number of sulfonamides is 1. The molecule has 23 heavy (non-hydrogen) atoms. The van der Waals surface area contributed by atoms with Crippen molar-refractivity contribution in [3.05, 3.63) is 24.0 Å². The first-order valence-electron chi connectivity index (χ1n) is 6.90. The maximum atomic E-state index is 13.9. The quantitative estimate of drug-likeness (QED) is 0.859. The lowest BCUT2D eigenvalue weighted by Gasteiger charge is -2.36. The van der Waals surface area contributed by atoms with E-state index >= 15 is 0 Å². The Labute approximate surface area is 138 Å². The van der Waals surface area contributed by atoms with Gasteiger partial charge in [-0.1, -0.05) is 0 Å². The van der Waals surface area contributed by atoms with Crippen LogP contribution in [0.2, 0.25) is 0 Å². The monoisotopic (exact) mass is 363 g/mol. The molecule has 1 aromatic carbocycles. The Morgan fingerprint density at radius 3 is 2.74 bits per heavy atom. The third kappa shape index (κ3) is 4.36. The molecule has 1 fully saturated rings. The summed E-state index contributed by atoms with van der Waals surface area (Å²) < 4.78 is 45.1. The molecule has 0 atom stereocenters. The van der Waals surface area contributed by atoms with E-state index < -0.39 is 28.4 Å². The molecule has 1 aliphatic heterocycles. The first-order chi connectivity index (χ1) is 10.6. The Hall–Kier alpha value is -1.32. The van der Waals surface area contributed by atoms with Crippen LogP contribution in [0.25, 0.3) is 0 Å². The van der Waals surface area contributed by atoms with Crippen molar-refractivity contribution < 1.29 is 27.4 Å². The van der Waals surface area contributed by atoms with Crippen LogP contribution in [0.3, 0.4) is 0 Å². The van der Waals surface area contributed by atoms with Gasteiger partial charge in [0, 0.05) is 23.6 Å². The van der Waals surface area contributed by atoms with Crippen molar-refractivity contribution in [2.75, 3.05) is 25.4 Å². The average molecular weight is 363 g/mol. The van der Waals surface area contributed by atoms with E-state index in [4.69, 9.17) is 9.84 Å². The number of carbonyl (C=O) groups is 1. The van der Waals surface area contributed by atoms with Crippen LogP contribution < -0.4 is 4.74 Å². The summed E-state index contributed by atoms with van der Waals surface area (Å²) in [6.45, 7) is 3.94. The fourth-order valence-electron chi connectivity index (χ4n) is 2.23. The molecule has 128 valence electrons. The highest BCUT2D eigenvalue weighted by molar-refractivity contribution is 8.00. The SMILES string of the molecule is CC1(C)CN(S(=O)(=O)c2ccc(OCC(=O)O)c(F)c2)CCS1. The largest absolute Gasteiger partial charge is 0.479 e. The molecule has 2 rings (SSSR count). The summed E-state index contributed by atoms with van der Waals surface area (Å²) in [5.41, 5.74) is 0. The standard InChI is InChI=1S/C14H18FNO5S2/c1-14(2)9-16(5-6-22-14)23(19,20)10-3-4-12(11(15)7-10)21-8-13(17)18/h3-4,7H,5-6,8-9H2,1-2H3,(H,17,18). The topological polar surface area (TPSA) is 83.9 Å². The number of carboxylic acid groups (broad SMARTS) is 1. The van der Waals surface area contributed by atoms with Crippen molar-refractivity contribution in [2.24, 2.45) is 0 Å². The predicted molar refractivity (Wildman–Crippen MR) is 84.8 cm³/mol. The van der Waals surface area contributed by atoms with E-state index in [9.17, 15) is 17.6 Å². The average Bonchev–Trinajstić information content (AvgIpc) is 2.44. The number of halogens is 1. The molecule has 1 N–H and O–H groups in total. The molecule has 6 nitrogen and oxygen atoms in total. The van der Waals surface area contributed by atoms with E-state index in [1.165, 1.54) is 10.4 Å². The van der Waals surface area contributed by atoms with Crippen molar-refractivity contribution >= 4 is 27.8 Å². The van der Waals surface area contributed by atoms with E-state index in [2.05, 4.69) is 0 Å². The van der Waals surface area contributed by atoms with Gasteiger partial charge in [0.15, 0.2) is 18.2 Å². The van der Waals surface area contributed by atoms with Crippen LogP contribution in [0.5, 0.6) is 5.75 Å². The van der Waals surface area contributed by atoms with E-state index in [-0.39, 0.29) is 15.4 Å². The molecule has 0 saturated carbocycles. The molecule has 1 aliphatic rings. The lowest BCUT2D eigenvalue weighted by atomic mass is 10.2. The highest BCUT2D eigenvalue weighted by atomic mass is 32.2. The van der Waals surface area contributed by atoms with Gasteiger partial charge in [0.25, 0.3) is 0 Å². The van der Waals surface area contributed by atoms with Crippen LogP contribution in [0.1, 0.15) is 13.8 Å². The third-order valence-electron chi connectivity index (χ3n) is 3.28. The van der Waals surface area contributed by atoms with Crippen LogP contribution in [-0.2, 0) is 14.8 Å². The van der Waals surface area contributed by atoms with Gasteiger partial charge in [-0.2, -0.15) is 16.1 Å². The summed E-state index contributed by atoms with van der Waals surface area (Å²) in [6, 6.07) is 3.22. The molecule has 1 aromatic rings. The fraction of sp³-hybridized carbons (Fsp3) is 0.500. The molecular formula is C14H18FNO5S2. The number of hydrogen-bond donors (Lipinski definition) is 1. The number of thioether (sulfide) groups is 1. The Morgan fingerprint density at radius 2 is 2.17 bits per heavy atom. The molecule has 0 spiro atoms. The fourth-order valence-corrected chi connectivity index (χ4v) is 5.15. The van der Waals surface area contributed by atoms with Crippen LogP contribution in [0.4, 0.5) is 4.39 Å². The van der Waals surface area contributed by atoms with Crippen LogP contribution in [0, 0.1) is 5.82 Å². The summed E-state index contributed by atoms with van der Waals surface area (Å²) >= 11 is 1.69. The summed E-state index contributed by atoms with van der Waals surface area (Å²) in [6.07, 6.45) is 0. The maximum absolute atomic E-state index is 13.9. The molecule has 0 bridgehead atoms. The molecule has 9 heteroatoms. The number of rotatable bonds is 5. The van der Waals surface area contributed by atoms with Crippen molar-refractivity contribution in [3.8, 4) is 5.75 Å². The van der Waals surface area contributed by atoms with Crippen molar-refractivity contribution in [2.45, 2.75) is 23.5 Å². The predicted octanol–water partition coefficient (Wildman–Crippen LogP) is 1.81. The van der Waals surface area contributed by atoms with Crippen molar-refractivity contribution in [3.63, 3.8) is 0 Å². The van der Waals surface area contributed by atoms with Gasteiger partial charge in [-0.15, -0.1) is 0 Å². The first kappa shape index (κ1) is 18.0. The van der Waals surface area contributed by atoms with Gasteiger partial charge in [-0.05, 0) is 32.0 Å². The molecular weight excluding hydrogens is 345 g/mol. The molecule has 0 unspecified atom stereocenters. The Balaban J connectivity index is 2.23. The van der Waals surface area contributed by atoms with E-state index in [1.807, 2.05) is 13.8 Å². The van der Waals surface area contributed by atoms with Gasteiger partial charge in [0.1, 0.15) is 0 Å². The van der Waals surface area contributed by atoms with Crippen molar-refractivity contribution in [1.82, 2.24) is 4.31 Å². The Kier molecular flexibility index (Phi) is 5.22.